The quantitative estimate of drug-likeness (QED) is 0.601. The maximum Gasteiger partial charge on any atom is 0.135 e. The van der Waals surface area contributed by atoms with E-state index in [1.165, 1.54) is 19.3 Å². The van der Waals surface area contributed by atoms with Gasteiger partial charge in [-0.1, -0.05) is 0 Å². The smallest absolute Gasteiger partial charge is 0.135 e. The van der Waals surface area contributed by atoms with E-state index in [1.807, 2.05) is 0 Å². The van der Waals surface area contributed by atoms with Gasteiger partial charge in [-0.3, -0.25) is 9.69 Å². The number of nitrogens with zero attached hydrogens (tertiary/aromatic N) is 1. The first-order valence-corrected chi connectivity index (χ1v) is 5.98. The number of Topliss-reactive ketones (excluding diaryl/α,β-unsaturated/α-hetero) is 1. The molecule has 1 heterocycles. The molecule has 2 unspecified atom stereocenters. The van der Waals surface area contributed by atoms with Crippen LogP contribution in [0.15, 0.2) is 17.4 Å². The summed E-state index contributed by atoms with van der Waals surface area (Å²) in [5.41, 5.74) is 5.95. The van der Waals surface area contributed by atoms with Crippen molar-refractivity contribution in [2.24, 2.45) is 5.41 Å². The highest BCUT2D eigenvalue weighted by molar-refractivity contribution is 5.79. The number of carbonyl (C=O) groups is 1. The lowest BCUT2D eigenvalue weighted by Crippen LogP contribution is -2.45. The lowest BCUT2D eigenvalue weighted by Gasteiger charge is -2.35. The number of carbonyl (C=O) groups excluding carboxylic acids is 1. The lowest BCUT2D eigenvalue weighted by atomic mass is 9.99. The van der Waals surface area contributed by atoms with E-state index < -0.39 is 0 Å². The highest BCUT2D eigenvalue weighted by Crippen LogP contribution is 2.80. The van der Waals surface area contributed by atoms with E-state index >= 15 is 0 Å². The minimum atomic E-state index is 0.439. The Morgan fingerprint density at radius 1 is 1.33 bits per heavy atom. The van der Waals surface area contributed by atoms with Crippen LogP contribution in [0.4, 0.5) is 0 Å². The molecule has 1 aliphatic heterocycles. The molecule has 2 atom stereocenters. The fraction of sp³-hybridized carbons (Fsp3) is 0.692. The van der Waals surface area contributed by atoms with Crippen LogP contribution >= 0.6 is 0 Å². The highest BCUT2D eigenvalue weighted by atomic mass is 16.1. The van der Waals surface area contributed by atoms with Crippen molar-refractivity contribution < 1.29 is 4.79 Å². The number of hydrogen-bond donors (Lipinski definition) is 0. The summed E-state index contributed by atoms with van der Waals surface area (Å²) in [4.78, 5) is 13.8. The predicted molar refractivity (Wildman–Crippen MR) is 56.4 cm³/mol. The van der Waals surface area contributed by atoms with Crippen LogP contribution < -0.4 is 0 Å². The molecule has 0 amide bonds. The van der Waals surface area contributed by atoms with Gasteiger partial charge in [-0.2, -0.15) is 0 Å². The zero-order valence-corrected chi connectivity index (χ0v) is 8.88. The van der Waals surface area contributed by atoms with Crippen LogP contribution in [-0.2, 0) is 4.79 Å². The lowest BCUT2D eigenvalue weighted by molar-refractivity contribution is -0.122. The first-order chi connectivity index (χ1) is 7.27. The molecule has 0 N–H and O–H groups in total. The predicted octanol–water partition coefficient (Wildman–Crippen LogP) is 1.67. The topological polar surface area (TPSA) is 20.3 Å². The van der Waals surface area contributed by atoms with Gasteiger partial charge in [-0.15, -0.1) is 5.73 Å². The third-order valence-corrected chi connectivity index (χ3v) is 4.93. The van der Waals surface area contributed by atoms with Gasteiger partial charge in [-0.05, 0) is 30.9 Å². The molecule has 0 radical (unpaired) electrons. The van der Waals surface area contributed by atoms with Crippen LogP contribution in [0, 0.1) is 5.41 Å². The molecule has 2 nitrogen and oxygen atoms in total. The van der Waals surface area contributed by atoms with Gasteiger partial charge in [0.1, 0.15) is 5.78 Å². The average molecular weight is 201 g/mol. The summed E-state index contributed by atoms with van der Waals surface area (Å²) in [6.07, 6.45) is 7.58. The Morgan fingerprint density at radius 3 is 2.93 bits per heavy atom. The van der Waals surface area contributed by atoms with Gasteiger partial charge in [0, 0.05) is 36.9 Å². The van der Waals surface area contributed by atoms with Crippen molar-refractivity contribution in [1.82, 2.24) is 4.90 Å². The minimum Gasteiger partial charge on any atom is -0.300 e. The Hall–Kier alpha value is -0.850. The molecule has 2 heteroatoms. The molecular formula is C13H15NO. The Morgan fingerprint density at radius 2 is 2.13 bits per heavy atom. The van der Waals surface area contributed by atoms with E-state index in [0.29, 0.717) is 16.7 Å². The molecule has 1 saturated heterocycles. The van der Waals surface area contributed by atoms with Crippen molar-refractivity contribution in [2.75, 3.05) is 13.1 Å². The summed E-state index contributed by atoms with van der Waals surface area (Å²) in [6, 6.07) is 0. The van der Waals surface area contributed by atoms with E-state index in [9.17, 15) is 4.79 Å². The second-order valence-corrected chi connectivity index (χ2v) is 5.52. The number of hydrogen-bond acceptors (Lipinski definition) is 2. The molecular weight excluding hydrogens is 186 g/mol. The first kappa shape index (κ1) is 8.32. The number of piperidine rings is 1. The summed E-state index contributed by atoms with van der Waals surface area (Å²) >= 11 is 0. The molecule has 2 saturated carbocycles. The van der Waals surface area contributed by atoms with Crippen molar-refractivity contribution in [3.05, 3.63) is 17.4 Å². The fourth-order valence-corrected chi connectivity index (χ4v) is 3.85. The van der Waals surface area contributed by atoms with Crippen molar-refractivity contribution in [3.8, 4) is 0 Å². The molecule has 0 aromatic heterocycles. The summed E-state index contributed by atoms with van der Waals surface area (Å²) in [5, 5.41) is 0. The van der Waals surface area contributed by atoms with E-state index in [0.717, 1.165) is 25.9 Å². The largest absolute Gasteiger partial charge is 0.300 e. The molecule has 1 spiro atoms. The van der Waals surface area contributed by atoms with Gasteiger partial charge in [0.15, 0.2) is 0 Å². The second-order valence-electron chi connectivity index (χ2n) is 5.52. The molecule has 0 aromatic rings. The molecule has 0 aromatic carbocycles. The number of likely N-dealkylation sites (tertiary alicyclic amines) is 1. The summed E-state index contributed by atoms with van der Waals surface area (Å²) in [5.74, 6) is 0.454. The maximum absolute atomic E-state index is 11.2. The molecule has 0 bridgehead atoms. The van der Waals surface area contributed by atoms with Crippen molar-refractivity contribution >= 4 is 5.78 Å². The Kier molecular flexibility index (Phi) is 1.27. The van der Waals surface area contributed by atoms with Crippen LogP contribution in [0.2, 0.25) is 0 Å². The van der Waals surface area contributed by atoms with Crippen LogP contribution in [0.25, 0.3) is 0 Å². The van der Waals surface area contributed by atoms with Crippen LogP contribution in [0.1, 0.15) is 32.1 Å². The van der Waals surface area contributed by atoms with E-state index in [-0.39, 0.29) is 0 Å². The normalized spacial score (nSPS) is 46.9. The molecule has 78 valence electrons. The summed E-state index contributed by atoms with van der Waals surface area (Å²) in [6.45, 7) is 2.00. The Bertz CT molecular complexity index is 422. The van der Waals surface area contributed by atoms with Gasteiger partial charge < -0.3 is 0 Å². The van der Waals surface area contributed by atoms with Crippen molar-refractivity contribution in [3.63, 3.8) is 0 Å². The van der Waals surface area contributed by atoms with Gasteiger partial charge in [-0.25, -0.2) is 0 Å². The molecule has 3 fully saturated rings. The van der Waals surface area contributed by atoms with Crippen molar-refractivity contribution in [2.45, 2.75) is 37.6 Å². The highest BCUT2D eigenvalue weighted by Gasteiger charge is 2.79. The van der Waals surface area contributed by atoms with E-state index in [1.54, 1.807) is 5.57 Å². The zero-order valence-electron chi connectivity index (χ0n) is 8.88. The standard InChI is InChI=1S/C13H15NO/c15-11-3-6-14(7-4-11)13-5-1-2-10-8-12(10,13)9-13/h1H,3-9H2. The second kappa shape index (κ2) is 2.28. The number of ketones is 1. The molecule has 15 heavy (non-hydrogen) atoms. The minimum absolute atomic E-state index is 0.439. The Labute approximate surface area is 89.6 Å². The maximum atomic E-state index is 11.2. The van der Waals surface area contributed by atoms with Gasteiger partial charge >= 0.3 is 0 Å². The van der Waals surface area contributed by atoms with E-state index in [4.69, 9.17) is 0 Å². The van der Waals surface area contributed by atoms with Gasteiger partial charge in [0.2, 0.25) is 0 Å². The zero-order chi connectivity index (χ0) is 10.1. The van der Waals surface area contributed by atoms with Crippen LogP contribution in [0.3, 0.4) is 0 Å². The molecule has 3 aliphatic carbocycles. The molecule has 4 rings (SSSR count). The third-order valence-electron chi connectivity index (χ3n) is 4.93. The summed E-state index contributed by atoms with van der Waals surface area (Å²) in [7, 11) is 0. The third kappa shape index (κ3) is 0.839. The first-order valence-electron chi connectivity index (χ1n) is 5.98. The molecule has 4 aliphatic rings. The average Bonchev–Trinajstić information content (AvgIpc) is 3.06. The van der Waals surface area contributed by atoms with Gasteiger partial charge in [0.25, 0.3) is 0 Å². The van der Waals surface area contributed by atoms with Crippen molar-refractivity contribution in [1.29, 1.82) is 0 Å². The number of rotatable bonds is 1. The van der Waals surface area contributed by atoms with Crippen LogP contribution in [0.5, 0.6) is 0 Å². The SMILES string of the molecule is O=C1CCN(C23CC=C=C4CC42C3)CC1. The van der Waals surface area contributed by atoms with E-state index in [2.05, 4.69) is 16.7 Å². The summed E-state index contributed by atoms with van der Waals surface area (Å²) < 4.78 is 0. The van der Waals surface area contributed by atoms with Crippen LogP contribution in [-0.4, -0.2) is 29.3 Å². The fourth-order valence-electron chi connectivity index (χ4n) is 3.85. The Balaban J connectivity index is 1.61. The monoisotopic (exact) mass is 201 g/mol. The van der Waals surface area contributed by atoms with Gasteiger partial charge in [0.05, 0.1) is 0 Å².